The van der Waals surface area contributed by atoms with E-state index in [2.05, 4.69) is 20.6 Å². The fraction of sp³-hybridized carbons (Fsp3) is 0.524. The van der Waals surface area contributed by atoms with Gasteiger partial charge in [-0.2, -0.15) is 0 Å². The fourth-order valence-electron chi connectivity index (χ4n) is 4.03. The second-order valence-electron chi connectivity index (χ2n) is 8.77. The maximum absolute atomic E-state index is 14.4. The molecule has 2 aromatic heterocycles. The van der Waals surface area contributed by atoms with E-state index >= 15 is 0 Å². The number of benzene rings is 1. The molecule has 1 aliphatic rings. The average Bonchev–Trinajstić information content (AvgIpc) is 3.48. The summed E-state index contributed by atoms with van der Waals surface area (Å²) in [6.07, 6.45) is -0.945. The number of nitrogens with zero attached hydrogens (tertiary/aromatic N) is 6. The molecule has 1 saturated heterocycles. The molecule has 190 valence electrons. The number of ether oxygens (including phenoxy) is 2. The summed E-state index contributed by atoms with van der Waals surface area (Å²) in [4.78, 5) is 0. The Balaban J connectivity index is 1.66. The number of aliphatic hydroxyl groups is 3. The van der Waals surface area contributed by atoms with Crippen LogP contribution < -0.4 is 0 Å². The number of methoxy groups -OCH3 is 1. The summed E-state index contributed by atoms with van der Waals surface area (Å²) in [5.74, 6) is -2.39. The Morgan fingerprint density at radius 1 is 1.14 bits per heavy atom. The van der Waals surface area contributed by atoms with Gasteiger partial charge in [0.1, 0.15) is 47.4 Å². The van der Waals surface area contributed by atoms with E-state index in [4.69, 9.17) is 21.1 Å². The first-order valence-corrected chi connectivity index (χ1v) is 11.1. The third-order valence-electron chi connectivity index (χ3n) is 5.89. The van der Waals surface area contributed by atoms with Gasteiger partial charge in [-0.3, -0.25) is 0 Å². The van der Waals surface area contributed by atoms with Crippen LogP contribution in [0, 0.1) is 11.6 Å². The lowest BCUT2D eigenvalue weighted by molar-refractivity contribution is -0.216. The molecule has 3 aromatic rings. The van der Waals surface area contributed by atoms with Crippen LogP contribution >= 0.6 is 11.6 Å². The quantitative estimate of drug-likeness (QED) is 0.395. The van der Waals surface area contributed by atoms with Gasteiger partial charge in [0.05, 0.1) is 30.6 Å². The predicted molar refractivity (Wildman–Crippen MR) is 117 cm³/mol. The van der Waals surface area contributed by atoms with E-state index in [1.807, 2.05) is 0 Å². The summed E-state index contributed by atoms with van der Waals surface area (Å²) in [6, 6.07) is 1.57. The molecular weight excluding hydrogens is 490 g/mol. The smallest absolute Gasteiger partial charge is 0.178 e. The van der Waals surface area contributed by atoms with Gasteiger partial charge in [0, 0.05) is 12.7 Å². The van der Waals surface area contributed by atoms with Gasteiger partial charge >= 0.3 is 0 Å². The molecule has 1 aromatic carbocycles. The van der Waals surface area contributed by atoms with E-state index < -0.39 is 54.3 Å². The number of hydrogen-bond donors (Lipinski definition) is 3. The van der Waals surface area contributed by atoms with E-state index in [1.54, 1.807) is 20.0 Å². The van der Waals surface area contributed by atoms with Crippen molar-refractivity contribution in [2.75, 3.05) is 13.7 Å². The van der Waals surface area contributed by atoms with Crippen LogP contribution in [0.5, 0.6) is 0 Å². The molecule has 1 aliphatic heterocycles. The van der Waals surface area contributed by atoms with Gasteiger partial charge < -0.3 is 24.8 Å². The van der Waals surface area contributed by atoms with Crippen LogP contribution in [0.25, 0.3) is 11.3 Å². The first-order chi connectivity index (χ1) is 16.5. The summed E-state index contributed by atoms with van der Waals surface area (Å²) < 4.78 is 42.6. The molecule has 5 atom stereocenters. The standard InChI is InChI=1S/C21H25ClF2N6O5/c1-21(2,33)15-8-29(27-26-15)7-13-20(34-3)18(19(32)14(9-31)35-13)30-6-12(25-28-30)10-4-5-11(22)17(24)16(10)23/h4-6,8,13-14,18-20,31-33H,7,9H2,1-3H3/t13-,14-,18+,19+,20+/m1/s1. The van der Waals surface area contributed by atoms with Gasteiger partial charge in [0.2, 0.25) is 0 Å². The monoisotopic (exact) mass is 514 g/mol. The van der Waals surface area contributed by atoms with Gasteiger partial charge in [0.25, 0.3) is 0 Å². The minimum absolute atomic E-state index is 0.00908. The Morgan fingerprint density at radius 3 is 2.51 bits per heavy atom. The first-order valence-electron chi connectivity index (χ1n) is 10.7. The molecule has 14 heteroatoms. The van der Waals surface area contributed by atoms with Crippen molar-refractivity contribution in [3.05, 3.63) is 46.9 Å². The van der Waals surface area contributed by atoms with E-state index in [1.165, 1.54) is 34.8 Å². The zero-order valence-electron chi connectivity index (χ0n) is 19.1. The molecule has 0 amide bonds. The third kappa shape index (κ3) is 4.92. The Hall–Kier alpha value is -2.55. The van der Waals surface area contributed by atoms with Crippen molar-refractivity contribution in [1.82, 2.24) is 30.0 Å². The summed E-state index contributed by atoms with van der Waals surface area (Å²) >= 11 is 5.63. The topological polar surface area (TPSA) is 141 Å². The minimum atomic E-state index is -1.27. The molecule has 0 bridgehead atoms. The molecule has 4 rings (SSSR count). The van der Waals surface area contributed by atoms with Crippen molar-refractivity contribution in [1.29, 1.82) is 0 Å². The number of hydrogen-bond acceptors (Lipinski definition) is 9. The Morgan fingerprint density at radius 2 is 1.89 bits per heavy atom. The molecule has 0 spiro atoms. The minimum Gasteiger partial charge on any atom is -0.394 e. The van der Waals surface area contributed by atoms with E-state index in [0.717, 1.165) is 0 Å². The van der Waals surface area contributed by atoms with Gasteiger partial charge in [-0.15, -0.1) is 10.2 Å². The van der Waals surface area contributed by atoms with Crippen molar-refractivity contribution in [2.24, 2.45) is 0 Å². The zero-order chi connectivity index (χ0) is 25.5. The second-order valence-corrected chi connectivity index (χ2v) is 9.18. The maximum Gasteiger partial charge on any atom is 0.178 e. The van der Waals surface area contributed by atoms with Crippen LogP contribution in [-0.4, -0.2) is 83.4 Å². The highest BCUT2D eigenvalue weighted by atomic mass is 35.5. The summed E-state index contributed by atoms with van der Waals surface area (Å²) in [5, 5.41) is 46.4. The Bertz CT molecular complexity index is 1190. The molecule has 3 N–H and O–H groups in total. The normalized spacial score (nSPS) is 25.2. The van der Waals surface area contributed by atoms with Crippen molar-refractivity contribution < 1.29 is 33.6 Å². The van der Waals surface area contributed by atoms with Crippen molar-refractivity contribution in [3.63, 3.8) is 0 Å². The molecule has 11 nitrogen and oxygen atoms in total. The number of aliphatic hydroxyl groups excluding tert-OH is 2. The van der Waals surface area contributed by atoms with Crippen molar-refractivity contribution in [3.8, 4) is 11.3 Å². The van der Waals surface area contributed by atoms with E-state index in [9.17, 15) is 24.1 Å². The van der Waals surface area contributed by atoms with Crippen LogP contribution in [0.4, 0.5) is 8.78 Å². The number of aromatic nitrogens is 6. The van der Waals surface area contributed by atoms with E-state index in [-0.39, 0.29) is 22.8 Å². The van der Waals surface area contributed by atoms with Gasteiger partial charge in [-0.05, 0) is 26.0 Å². The highest BCUT2D eigenvalue weighted by Crippen LogP contribution is 2.34. The lowest BCUT2D eigenvalue weighted by Gasteiger charge is -2.43. The van der Waals surface area contributed by atoms with Crippen LogP contribution in [0.3, 0.4) is 0 Å². The lowest BCUT2D eigenvalue weighted by atomic mass is 9.92. The first kappa shape index (κ1) is 25.5. The second kappa shape index (κ2) is 9.84. The molecule has 3 heterocycles. The predicted octanol–water partition coefficient (Wildman–Crippen LogP) is 1.07. The number of rotatable bonds is 7. The summed E-state index contributed by atoms with van der Waals surface area (Å²) in [6.45, 7) is 2.75. The fourth-order valence-corrected chi connectivity index (χ4v) is 4.18. The van der Waals surface area contributed by atoms with Gasteiger partial charge in [-0.25, -0.2) is 18.1 Å². The van der Waals surface area contributed by atoms with Crippen molar-refractivity contribution in [2.45, 2.75) is 56.5 Å². The highest BCUT2D eigenvalue weighted by Gasteiger charge is 2.47. The molecular formula is C21H25ClF2N6O5. The van der Waals surface area contributed by atoms with Crippen LogP contribution in [0.15, 0.2) is 24.5 Å². The molecule has 0 unspecified atom stereocenters. The summed E-state index contributed by atoms with van der Waals surface area (Å²) in [7, 11) is 1.41. The van der Waals surface area contributed by atoms with E-state index in [0.29, 0.717) is 5.69 Å². The molecule has 0 aliphatic carbocycles. The van der Waals surface area contributed by atoms with Crippen LogP contribution in [0.1, 0.15) is 25.6 Å². The van der Waals surface area contributed by atoms with Crippen LogP contribution in [-0.2, 0) is 21.6 Å². The van der Waals surface area contributed by atoms with Gasteiger partial charge in [-0.1, -0.05) is 22.0 Å². The molecule has 0 radical (unpaired) electrons. The number of halogens is 3. The molecule has 1 fully saturated rings. The third-order valence-corrected chi connectivity index (χ3v) is 6.19. The lowest BCUT2D eigenvalue weighted by Crippen LogP contribution is -2.57. The summed E-state index contributed by atoms with van der Waals surface area (Å²) in [5.41, 5.74) is -1.01. The van der Waals surface area contributed by atoms with Gasteiger partial charge in [0.15, 0.2) is 11.6 Å². The largest absolute Gasteiger partial charge is 0.394 e. The Labute approximate surface area is 203 Å². The zero-order valence-corrected chi connectivity index (χ0v) is 19.8. The highest BCUT2D eigenvalue weighted by molar-refractivity contribution is 6.30. The molecule has 0 saturated carbocycles. The average molecular weight is 515 g/mol. The maximum atomic E-state index is 14.4. The van der Waals surface area contributed by atoms with Crippen molar-refractivity contribution >= 4 is 11.6 Å². The van der Waals surface area contributed by atoms with Crippen LogP contribution in [0.2, 0.25) is 5.02 Å². The Kier molecular flexibility index (Phi) is 7.18. The SMILES string of the molecule is CO[C@@H]1[C@@H](n2cc(-c3ccc(Cl)c(F)c3F)nn2)[C@@H](O)[C@@H](CO)O[C@@H]1Cn1cc(C(C)(C)O)nn1. The molecule has 35 heavy (non-hydrogen) atoms.